The molecule has 0 saturated heterocycles. The van der Waals surface area contributed by atoms with Crippen molar-refractivity contribution in [3.8, 4) is 0 Å². The second-order valence-corrected chi connectivity index (χ2v) is 7.05. The Morgan fingerprint density at radius 1 is 1.24 bits per heavy atom. The number of carbonyl (C=O) groups is 1. The summed E-state index contributed by atoms with van der Waals surface area (Å²) in [6.45, 7) is 12.9. The van der Waals surface area contributed by atoms with E-state index in [0.29, 0.717) is 19.4 Å². The molecule has 2 N–H and O–H groups in total. The molecule has 0 aromatic rings. The van der Waals surface area contributed by atoms with Crippen LogP contribution in [0, 0.1) is 10.8 Å². The first-order valence-electron chi connectivity index (χ1n) is 6.47. The number of aliphatic hydroxyl groups is 1. The third-order valence-corrected chi connectivity index (χ3v) is 2.71. The molecule has 1 atom stereocenters. The molecule has 0 aliphatic carbocycles. The quantitative estimate of drug-likeness (QED) is 0.753. The van der Waals surface area contributed by atoms with Gasteiger partial charge in [0.2, 0.25) is 5.91 Å². The van der Waals surface area contributed by atoms with Crippen molar-refractivity contribution in [3.05, 3.63) is 0 Å². The molecule has 1 amide bonds. The van der Waals surface area contributed by atoms with Crippen LogP contribution in [0.5, 0.6) is 0 Å². The average molecular weight is 243 g/mol. The Bertz CT molecular complexity index is 239. The highest BCUT2D eigenvalue weighted by atomic mass is 16.3. The molecule has 3 heteroatoms. The largest absolute Gasteiger partial charge is 0.393 e. The van der Waals surface area contributed by atoms with Gasteiger partial charge in [0.05, 0.1) is 6.10 Å². The van der Waals surface area contributed by atoms with E-state index in [-0.39, 0.29) is 22.8 Å². The predicted octanol–water partition coefficient (Wildman–Crippen LogP) is 2.73. The highest BCUT2D eigenvalue weighted by Crippen LogP contribution is 2.22. The lowest BCUT2D eigenvalue weighted by molar-refractivity contribution is -0.122. The van der Waals surface area contributed by atoms with Crippen molar-refractivity contribution < 1.29 is 9.90 Å². The van der Waals surface area contributed by atoms with Gasteiger partial charge in [0.1, 0.15) is 0 Å². The molecule has 0 bridgehead atoms. The van der Waals surface area contributed by atoms with E-state index >= 15 is 0 Å². The highest BCUT2D eigenvalue weighted by Gasteiger charge is 2.21. The Morgan fingerprint density at radius 2 is 1.76 bits per heavy atom. The second kappa shape index (κ2) is 6.39. The van der Waals surface area contributed by atoms with Crippen molar-refractivity contribution in [1.29, 1.82) is 0 Å². The summed E-state index contributed by atoms with van der Waals surface area (Å²) in [4.78, 5) is 11.6. The van der Waals surface area contributed by atoms with Crippen LogP contribution in [0.15, 0.2) is 0 Å². The molecule has 0 aliphatic heterocycles. The molecule has 1 unspecified atom stereocenters. The topological polar surface area (TPSA) is 49.3 Å². The molecule has 0 heterocycles. The van der Waals surface area contributed by atoms with Gasteiger partial charge in [-0.3, -0.25) is 4.79 Å². The maximum atomic E-state index is 11.6. The van der Waals surface area contributed by atoms with E-state index in [9.17, 15) is 9.90 Å². The van der Waals surface area contributed by atoms with E-state index in [1.807, 2.05) is 0 Å². The van der Waals surface area contributed by atoms with Crippen molar-refractivity contribution in [2.45, 2.75) is 66.9 Å². The Hall–Kier alpha value is -0.570. The van der Waals surface area contributed by atoms with E-state index in [4.69, 9.17) is 0 Å². The fourth-order valence-electron chi connectivity index (χ4n) is 1.79. The van der Waals surface area contributed by atoms with Crippen LogP contribution in [0.3, 0.4) is 0 Å². The van der Waals surface area contributed by atoms with E-state index in [2.05, 4.69) is 39.9 Å². The molecule has 0 radical (unpaired) electrons. The first-order valence-corrected chi connectivity index (χ1v) is 6.47. The maximum Gasteiger partial charge on any atom is 0.220 e. The molecule has 0 rings (SSSR count). The summed E-state index contributed by atoms with van der Waals surface area (Å²) in [5, 5.41) is 12.3. The zero-order valence-corrected chi connectivity index (χ0v) is 12.3. The molecule has 17 heavy (non-hydrogen) atoms. The summed E-state index contributed by atoms with van der Waals surface area (Å²) >= 11 is 0. The van der Waals surface area contributed by atoms with Gasteiger partial charge in [0.15, 0.2) is 0 Å². The molecule has 0 aromatic carbocycles. The van der Waals surface area contributed by atoms with E-state index in [0.717, 1.165) is 6.42 Å². The standard InChI is InChI=1S/C14H29NO2/c1-11(16)9-14(5,6)10-15-12(17)7-8-13(2,3)4/h11,16H,7-10H2,1-6H3,(H,15,17). The van der Waals surface area contributed by atoms with Crippen LogP contribution in [0.2, 0.25) is 0 Å². The Balaban J connectivity index is 3.91. The number of aliphatic hydroxyl groups excluding tert-OH is 1. The number of amides is 1. The van der Waals surface area contributed by atoms with Crippen molar-refractivity contribution in [1.82, 2.24) is 5.32 Å². The lowest BCUT2D eigenvalue weighted by atomic mass is 9.86. The van der Waals surface area contributed by atoms with Crippen LogP contribution in [-0.4, -0.2) is 23.7 Å². The number of hydrogen-bond donors (Lipinski definition) is 2. The van der Waals surface area contributed by atoms with E-state index in [1.165, 1.54) is 0 Å². The van der Waals surface area contributed by atoms with Crippen LogP contribution in [0.25, 0.3) is 0 Å². The van der Waals surface area contributed by atoms with Gasteiger partial charge in [-0.05, 0) is 30.6 Å². The lowest BCUT2D eigenvalue weighted by Crippen LogP contribution is -2.35. The van der Waals surface area contributed by atoms with Gasteiger partial charge in [-0.15, -0.1) is 0 Å². The Labute approximate surface area is 106 Å². The molecular weight excluding hydrogens is 214 g/mol. The van der Waals surface area contributed by atoms with Crippen LogP contribution in [-0.2, 0) is 4.79 Å². The highest BCUT2D eigenvalue weighted by molar-refractivity contribution is 5.75. The summed E-state index contributed by atoms with van der Waals surface area (Å²) < 4.78 is 0. The van der Waals surface area contributed by atoms with E-state index < -0.39 is 0 Å². The first-order chi connectivity index (χ1) is 7.52. The third-order valence-electron chi connectivity index (χ3n) is 2.71. The van der Waals surface area contributed by atoms with Gasteiger partial charge in [0.25, 0.3) is 0 Å². The smallest absolute Gasteiger partial charge is 0.220 e. The molecule has 0 saturated carbocycles. The van der Waals surface area contributed by atoms with Crippen LogP contribution in [0.4, 0.5) is 0 Å². The molecule has 0 aliphatic rings. The minimum Gasteiger partial charge on any atom is -0.393 e. The fourth-order valence-corrected chi connectivity index (χ4v) is 1.79. The predicted molar refractivity (Wildman–Crippen MR) is 71.8 cm³/mol. The van der Waals surface area contributed by atoms with Crippen molar-refractivity contribution in [2.24, 2.45) is 10.8 Å². The van der Waals surface area contributed by atoms with Crippen molar-refractivity contribution in [3.63, 3.8) is 0 Å². The van der Waals surface area contributed by atoms with Gasteiger partial charge in [-0.1, -0.05) is 34.6 Å². The second-order valence-electron chi connectivity index (χ2n) is 7.05. The van der Waals surface area contributed by atoms with Crippen LogP contribution in [0.1, 0.15) is 60.8 Å². The summed E-state index contributed by atoms with van der Waals surface area (Å²) in [5.41, 5.74) is 0.151. The molecule has 3 nitrogen and oxygen atoms in total. The molecular formula is C14H29NO2. The summed E-state index contributed by atoms with van der Waals surface area (Å²) in [7, 11) is 0. The number of rotatable bonds is 6. The average Bonchev–Trinajstić information content (AvgIpc) is 2.08. The summed E-state index contributed by atoms with van der Waals surface area (Å²) in [6.07, 6.45) is 1.85. The molecule has 0 fully saturated rings. The van der Waals surface area contributed by atoms with Crippen molar-refractivity contribution in [2.75, 3.05) is 6.54 Å². The summed E-state index contributed by atoms with van der Waals surface area (Å²) in [6, 6.07) is 0. The minimum atomic E-state index is -0.323. The van der Waals surface area contributed by atoms with Gasteiger partial charge in [-0.25, -0.2) is 0 Å². The number of nitrogens with one attached hydrogen (secondary N) is 1. The van der Waals surface area contributed by atoms with E-state index in [1.54, 1.807) is 6.92 Å². The van der Waals surface area contributed by atoms with Gasteiger partial charge in [0, 0.05) is 13.0 Å². The van der Waals surface area contributed by atoms with Crippen LogP contribution >= 0.6 is 0 Å². The number of carbonyl (C=O) groups excluding carboxylic acids is 1. The SMILES string of the molecule is CC(O)CC(C)(C)CNC(=O)CCC(C)(C)C. The zero-order valence-electron chi connectivity index (χ0n) is 12.3. The Kier molecular flexibility index (Phi) is 6.17. The monoisotopic (exact) mass is 243 g/mol. The number of hydrogen-bond acceptors (Lipinski definition) is 2. The van der Waals surface area contributed by atoms with Gasteiger partial charge in [-0.2, -0.15) is 0 Å². The maximum absolute atomic E-state index is 11.6. The fraction of sp³-hybridized carbons (Fsp3) is 0.929. The normalized spacial score (nSPS) is 14.5. The van der Waals surface area contributed by atoms with Crippen molar-refractivity contribution >= 4 is 5.91 Å². The summed E-state index contributed by atoms with van der Waals surface area (Å²) in [5.74, 6) is 0.110. The van der Waals surface area contributed by atoms with Crippen LogP contribution < -0.4 is 5.32 Å². The van der Waals surface area contributed by atoms with Gasteiger partial charge < -0.3 is 10.4 Å². The Morgan fingerprint density at radius 3 is 2.18 bits per heavy atom. The minimum absolute atomic E-state index is 0.0500. The lowest BCUT2D eigenvalue weighted by Gasteiger charge is -2.26. The first kappa shape index (κ1) is 16.4. The molecule has 0 aromatic heterocycles. The zero-order chi connectivity index (χ0) is 13.7. The van der Waals surface area contributed by atoms with Gasteiger partial charge >= 0.3 is 0 Å². The third kappa shape index (κ3) is 10.3. The molecule has 0 spiro atoms. The molecule has 102 valence electrons.